The van der Waals surface area contributed by atoms with Crippen LogP contribution in [-0.2, 0) is 4.74 Å². The number of nitrogens with one attached hydrogen (secondary N) is 1. The van der Waals surface area contributed by atoms with Crippen LogP contribution in [0.15, 0.2) is 91.4 Å². The number of nitrogens with zero attached hydrogens (tertiary/aromatic N) is 5. The van der Waals surface area contributed by atoms with Crippen LogP contribution in [0.1, 0.15) is 23.5 Å². The second-order valence-electron chi connectivity index (χ2n) is 8.60. The zero-order valence-corrected chi connectivity index (χ0v) is 20.0. The van der Waals surface area contributed by atoms with Gasteiger partial charge in [-0.25, -0.2) is 4.98 Å². The molecule has 5 heterocycles. The van der Waals surface area contributed by atoms with Gasteiger partial charge in [-0.1, -0.05) is 12.1 Å². The number of pyridine rings is 2. The van der Waals surface area contributed by atoms with E-state index in [-0.39, 0.29) is 12.1 Å². The molecular formula is C27H26N6OS. The van der Waals surface area contributed by atoms with Gasteiger partial charge < -0.3 is 24.4 Å². The summed E-state index contributed by atoms with van der Waals surface area (Å²) in [5, 5.41) is 4.23. The Kier molecular flexibility index (Phi) is 5.89. The Balaban J connectivity index is 1.41. The van der Waals surface area contributed by atoms with Crippen LogP contribution in [0.4, 0.5) is 11.4 Å². The van der Waals surface area contributed by atoms with Crippen molar-refractivity contribution in [2.45, 2.75) is 12.1 Å². The minimum absolute atomic E-state index is 0.108. The van der Waals surface area contributed by atoms with E-state index in [1.54, 1.807) is 0 Å². The van der Waals surface area contributed by atoms with Crippen LogP contribution in [0.25, 0.3) is 5.82 Å². The van der Waals surface area contributed by atoms with Crippen molar-refractivity contribution in [1.82, 2.24) is 19.9 Å². The lowest BCUT2D eigenvalue weighted by Gasteiger charge is -2.31. The van der Waals surface area contributed by atoms with Gasteiger partial charge in [-0.2, -0.15) is 0 Å². The highest BCUT2D eigenvalue weighted by Gasteiger charge is 2.42. The number of thiocarbonyl (C=S) groups is 1. The second kappa shape index (κ2) is 9.48. The number of benzene rings is 1. The van der Waals surface area contributed by atoms with E-state index in [9.17, 15) is 0 Å². The molecule has 0 bridgehead atoms. The highest BCUT2D eigenvalue weighted by molar-refractivity contribution is 7.80. The molecule has 0 unspecified atom stereocenters. The van der Waals surface area contributed by atoms with Crippen LogP contribution in [-0.4, -0.2) is 46.0 Å². The van der Waals surface area contributed by atoms with Gasteiger partial charge in [0.15, 0.2) is 5.11 Å². The number of hydrogen-bond acceptors (Lipinski definition) is 5. The highest BCUT2D eigenvalue weighted by Crippen LogP contribution is 2.42. The first-order valence-corrected chi connectivity index (χ1v) is 12.2. The van der Waals surface area contributed by atoms with E-state index in [2.05, 4.69) is 66.0 Å². The molecule has 2 fully saturated rings. The Morgan fingerprint density at radius 3 is 2.29 bits per heavy atom. The van der Waals surface area contributed by atoms with Gasteiger partial charge in [-0.15, -0.1) is 0 Å². The average molecular weight is 483 g/mol. The van der Waals surface area contributed by atoms with E-state index in [0.29, 0.717) is 5.11 Å². The Morgan fingerprint density at radius 2 is 1.57 bits per heavy atom. The molecule has 0 saturated carbocycles. The van der Waals surface area contributed by atoms with Gasteiger partial charge in [0.1, 0.15) is 11.9 Å². The Morgan fingerprint density at radius 1 is 0.829 bits per heavy atom. The van der Waals surface area contributed by atoms with Crippen LogP contribution in [0.3, 0.4) is 0 Å². The Bertz CT molecular complexity index is 1290. The van der Waals surface area contributed by atoms with Crippen molar-refractivity contribution in [2.24, 2.45) is 0 Å². The third-order valence-electron chi connectivity index (χ3n) is 6.58. The summed E-state index contributed by atoms with van der Waals surface area (Å²) in [6.45, 7) is 3.34. The summed E-state index contributed by atoms with van der Waals surface area (Å²) in [4.78, 5) is 13.8. The van der Waals surface area contributed by atoms with Gasteiger partial charge in [0.25, 0.3) is 0 Å². The van der Waals surface area contributed by atoms with Gasteiger partial charge in [-0.3, -0.25) is 4.98 Å². The topological polar surface area (TPSA) is 58.5 Å². The molecule has 6 rings (SSSR count). The zero-order valence-electron chi connectivity index (χ0n) is 19.2. The van der Waals surface area contributed by atoms with Crippen molar-refractivity contribution in [3.8, 4) is 5.82 Å². The maximum absolute atomic E-state index is 5.90. The van der Waals surface area contributed by atoms with Crippen LogP contribution < -0.4 is 15.1 Å². The molecule has 7 nitrogen and oxygen atoms in total. The van der Waals surface area contributed by atoms with Crippen molar-refractivity contribution in [3.63, 3.8) is 0 Å². The van der Waals surface area contributed by atoms with E-state index in [1.165, 1.54) is 5.69 Å². The maximum Gasteiger partial charge on any atom is 0.174 e. The van der Waals surface area contributed by atoms with Crippen LogP contribution in [0.5, 0.6) is 0 Å². The smallest absolute Gasteiger partial charge is 0.174 e. The first-order chi connectivity index (χ1) is 17.3. The van der Waals surface area contributed by atoms with E-state index in [1.807, 2.05) is 55.0 Å². The number of anilines is 2. The molecule has 2 aliphatic heterocycles. The lowest BCUT2D eigenvalue weighted by molar-refractivity contribution is 0.122. The summed E-state index contributed by atoms with van der Waals surface area (Å²) < 4.78 is 7.64. The summed E-state index contributed by atoms with van der Waals surface area (Å²) in [5.74, 6) is 0.868. The molecule has 1 aromatic carbocycles. The predicted octanol–water partition coefficient (Wildman–Crippen LogP) is 4.28. The number of ether oxygens (including phenoxy) is 1. The lowest BCUT2D eigenvalue weighted by atomic mass is 10.0. The molecule has 176 valence electrons. The molecule has 3 aromatic heterocycles. The average Bonchev–Trinajstić information content (AvgIpc) is 3.55. The fourth-order valence-electron chi connectivity index (χ4n) is 4.92. The Hall–Kier alpha value is -3.75. The SMILES string of the molecule is S=C1N[C@@H](c2ccccn2)[C@H](c2cccn2-c2ccccn2)N1c1ccc(N2CCOCC2)cc1. The van der Waals surface area contributed by atoms with Gasteiger partial charge in [0.2, 0.25) is 0 Å². The standard InChI is InChI=1S/C27H26N6OS/c35-27-30-25(22-6-1-3-13-28-22)26(23-7-5-15-32(23)24-8-2-4-14-29-24)33(27)21-11-9-20(10-12-21)31-16-18-34-19-17-31/h1-15,25-26H,16-19H2,(H,30,35)/t25-,26-/m0/s1. The number of aromatic nitrogens is 3. The van der Waals surface area contributed by atoms with Gasteiger partial charge >= 0.3 is 0 Å². The second-order valence-corrected chi connectivity index (χ2v) is 8.99. The molecule has 8 heteroatoms. The van der Waals surface area contributed by atoms with Gasteiger partial charge in [-0.05, 0) is 72.9 Å². The summed E-state index contributed by atoms with van der Waals surface area (Å²) in [6, 6.07) is 24.6. The van der Waals surface area contributed by atoms with Gasteiger partial charge in [0.05, 0.1) is 24.9 Å². The molecule has 1 N–H and O–H groups in total. The maximum atomic E-state index is 5.90. The molecule has 0 amide bonds. The summed E-state index contributed by atoms with van der Waals surface area (Å²) >= 11 is 5.90. The number of hydrogen-bond donors (Lipinski definition) is 1. The molecule has 4 aromatic rings. The normalized spacial score (nSPS) is 20.2. The van der Waals surface area contributed by atoms with Crippen LogP contribution in [0, 0.1) is 0 Å². The molecule has 0 aliphatic carbocycles. The third kappa shape index (κ3) is 4.15. The Labute approximate surface area is 210 Å². The summed E-state index contributed by atoms with van der Waals surface area (Å²) in [6.07, 6.45) is 5.69. The van der Waals surface area contributed by atoms with E-state index in [0.717, 1.165) is 49.2 Å². The van der Waals surface area contributed by atoms with Crippen LogP contribution in [0.2, 0.25) is 0 Å². The van der Waals surface area contributed by atoms with E-state index < -0.39 is 0 Å². The minimum atomic E-state index is -0.111. The highest BCUT2D eigenvalue weighted by atomic mass is 32.1. The van der Waals surface area contributed by atoms with E-state index >= 15 is 0 Å². The first kappa shape index (κ1) is 21.8. The molecule has 2 saturated heterocycles. The monoisotopic (exact) mass is 482 g/mol. The van der Waals surface area contributed by atoms with Crippen molar-refractivity contribution < 1.29 is 4.74 Å². The molecule has 0 spiro atoms. The fraction of sp³-hybridized carbons (Fsp3) is 0.222. The third-order valence-corrected chi connectivity index (χ3v) is 6.90. The minimum Gasteiger partial charge on any atom is -0.378 e. The molecule has 0 radical (unpaired) electrons. The van der Waals surface area contributed by atoms with Crippen molar-refractivity contribution >= 4 is 28.7 Å². The number of morpholine rings is 1. The number of rotatable bonds is 5. The molecule has 35 heavy (non-hydrogen) atoms. The van der Waals surface area contributed by atoms with Crippen LogP contribution >= 0.6 is 12.2 Å². The van der Waals surface area contributed by atoms with Gasteiger partial charge in [0, 0.05) is 48.7 Å². The molecule has 2 aliphatic rings. The molecular weight excluding hydrogens is 456 g/mol. The van der Waals surface area contributed by atoms with Crippen molar-refractivity contribution in [1.29, 1.82) is 0 Å². The summed E-state index contributed by atoms with van der Waals surface area (Å²) in [7, 11) is 0. The quantitative estimate of drug-likeness (QED) is 0.426. The summed E-state index contributed by atoms with van der Waals surface area (Å²) in [5.41, 5.74) is 4.27. The lowest BCUT2D eigenvalue weighted by Crippen LogP contribution is -2.36. The zero-order chi connectivity index (χ0) is 23.6. The first-order valence-electron chi connectivity index (χ1n) is 11.8. The largest absolute Gasteiger partial charge is 0.378 e. The predicted molar refractivity (Wildman–Crippen MR) is 141 cm³/mol. The van der Waals surface area contributed by atoms with Crippen molar-refractivity contribution in [3.05, 3.63) is 103 Å². The molecule has 2 atom stereocenters. The van der Waals surface area contributed by atoms with E-state index in [4.69, 9.17) is 17.0 Å². The van der Waals surface area contributed by atoms with Crippen molar-refractivity contribution in [2.75, 3.05) is 36.1 Å². The fourth-order valence-corrected chi connectivity index (χ4v) is 5.26.